The Bertz CT molecular complexity index is 565. The molecular formula is C21H29ClN2. The van der Waals surface area contributed by atoms with Crippen molar-refractivity contribution in [2.24, 2.45) is 23.7 Å². The van der Waals surface area contributed by atoms with Gasteiger partial charge in [-0.2, -0.15) is 0 Å². The van der Waals surface area contributed by atoms with Gasteiger partial charge in [-0.3, -0.25) is 9.80 Å². The van der Waals surface area contributed by atoms with Crippen molar-refractivity contribution in [1.29, 1.82) is 0 Å². The molecule has 3 heteroatoms. The van der Waals surface area contributed by atoms with Crippen molar-refractivity contribution in [1.82, 2.24) is 9.80 Å². The molecule has 4 aliphatic carbocycles. The van der Waals surface area contributed by atoms with Crippen LogP contribution in [0, 0.1) is 23.7 Å². The van der Waals surface area contributed by atoms with Gasteiger partial charge >= 0.3 is 0 Å². The fraction of sp³-hybridized carbons (Fsp3) is 0.714. The summed E-state index contributed by atoms with van der Waals surface area (Å²) < 4.78 is 0. The van der Waals surface area contributed by atoms with Gasteiger partial charge in [-0.1, -0.05) is 29.8 Å². The highest BCUT2D eigenvalue weighted by molar-refractivity contribution is 6.31. The van der Waals surface area contributed by atoms with Crippen LogP contribution in [0.2, 0.25) is 5.02 Å². The summed E-state index contributed by atoms with van der Waals surface area (Å²) in [7, 11) is 0. The molecule has 1 heterocycles. The Hall–Kier alpha value is -0.570. The highest BCUT2D eigenvalue weighted by Crippen LogP contribution is 2.55. The van der Waals surface area contributed by atoms with Crippen LogP contribution >= 0.6 is 11.6 Å². The number of halogens is 1. The number of nitrogens with zero attached hydrogens (tertiary/aromatic N) is 2. The summed E-state index contributed by atoms with van der Waals surface area (Å²) in [6.07, 6.45) is 7.72. The minimum Gasteiger partial charge on any atom is -0.297 e. The Labute approximate surface area is 151 Å². The maximum Gasteiger partial charge on any atom is 0.0451 e. The molecule has 1 aliphatic heterocycles. The highest BCUT2D eigenvalue weighted by Gasteiger charge is 2.50. The first-order chi connectivity index (χ1) is 11.8. The molecule has 0 radical (unpaired) electrons. The van der Waals surface area contributed by atoms with Crippen molar-refractivity contribution in [3.05, 3.63) is 34.9 Å². The second-order valence-corrected chi connectivity index (χ2v) is 9.23. The lowest BCUT2D eigenvalue weighted by Gasteiger charge is -2.58. The van der Waals surface area contributed by atoms with Gasteiger partial charge in [0, 0.05) is 43.8 Å². The van der Waals surface area contributed by atoms with E-state index in [0.717, 1.165) is 41.3 Å². The van der Waals surface area contributed by atoms with Gasteiger partial charge in [0.05, 0.1) is 0 Å². The summed E-state index contributed by atoms with van der Waals surface area (Å²) in [6.45, 7) is 5.94. The molecule has 2 nitrogen and oxygen atoms in total. The van der Waals surface area contributed by atoms with E-state index in [0.29, 0.717) is 0 Å². The van der Waals surface area contributed by atoms with E-state index < -0.39 is 0 Å². The van der Waals surface area contributed by atoms with Crippen LogP contribution in [-0.4, -0.2) is 42.0 Å². The number of rotatable bonds is 3. The quantitative estimate of drug-likeness (QED) is 0.807. The van der Waals surface area contributed by atoms with Crippen molar-refractivity contribution in [3.8, 4) is 0 Å². The van der Waals surface area contributed by atoms with Crippen molar-refractivity contribution in [2.75, 3.05) is 26.2 Å². The Morgan fingerprint density at radius 2 is 1.46 bits per heavy atom. The number of benzene rings is 1. The van der Waals surface area contributed by atoms with Crippen LogP contribution in [0.4, 0.5) is 0 Å². The first-order valence-corrected chi connectivity index (χ1v) is 10.3. The van der Waals surface area contributed by atoms with E-state index >= 15 is 0 Å². The predicted octanol–water partition coefficient (Wildman–Crippen LogP) is 4.28. The average Bonchev–Trinajstić information content (AvgIpc) is 2.57. The fourth-order valence-corrected chi connectivity index (χ4v) is 6.78. The molecule has 24 heavy (non-hydrogen) atoms. The van der Waals surface area contributed by atoms with Gasteiger partial charge in [0.1, 0.15) is 0 Å². The minimum atomic E-state index is 0.917. The van der Waals surface area contributed by atoms with E-state index in [-0.39, 0.29) is 0 Å². The number of hydrogen-bond acceptors (Lipinski definition) is 2. The molecule has 0 spiro atoms. The first-order valence-electron chi connectivity index (χ1n) is 9.96. The topological polar surface area (TPSA) is 6.48 Å². The zero-order valence-corrected chi connectivity index (χ0v) is 15.3. The largest absolute Gasteiger partial charge is 0.297 e. The van der Waals surface area contributed by atoms with Crippen LogP contribution in [-0.2, 0) is 6.54 Å². The second kappa shape index (κ2) is 6.30. The summed E-state index contributed by atoms with van der Waals surface area (Å²) in [6, 6.07) is 9.23. The highest BCUT2D eigenvalue weighted by atomic mass is 35.5. The van der Waals surface area contributed by atoms with Gasteiger partial charge in [-0.25, -0.2) is 0 Å². The van der Waals surface area contributed by atoms with Crippen LogP contribution in [0.1, 0.15) is 37.7 Å². The third-order valence-electron chi connectivity index (χ3n) is 7.36. The van der Waals surface area contributed by atoms with E-state index in [1.807, 2.05) is 12.1 Å². The van der Waals surface area contributed by atoms with E-state index in [1.165, 1.54) is 57.4 Å². The summed E-state index contributed by atoms with van der Waals surface area (Å²) in [5.41, 5.74) is 1.28. The molecule has 6 rings (SSSR count). The van der Waals surface area contributed by atoms with Crippen molar-refractivity contribution >= 4 is 11.6 Å². The summed E-state index contributed by atoms with van der Waals surface area (Å²) >= 11 is 6.34. The molecular weight excluding hydrogens is 316 g/mol. The summed E-state index contributed by atoms with van der Waals surface area (Å²) in [5, 5.41) is 0.918. The average molecular weight is 345 g/mol. The Balaban J connectivity index is 1.21. The van der Waals surface area contributed by atoms with Crippen LogP contribution in [0.15, 0.2) is 24.3 Å². The van der Waals surface area contributed by atoms with Crippen LogP contribution in [0.3, 0.4) is 0 Å². The van der Waals surface area contributed by atoms with Crippen LogP contribution < -0.4 is 0 Å². The van der Waals surface area contributed by atoms with Gasteiger partial charge in [0.25, 0.3) is 0 Å². The normalized spacial score (nSPS) is 39.5. The molecule has 4 saturated carbocycles. The molecule has 0 atom stereocenters. The molecule has 0 aromatic heterocycles. The lowest BCUT2D eigenvalue weighted by molar-refractivity contribution is -0.0769. The van der Waals surface area contributed by atoms with Crippen LogP contribution in [0.25, 0.3) is 0 Å². The standard InChI is InChI=1S/C21H29ClN2/c22-20-4-2-1-3-17(20)14-23-5-7-24(8-6-23)21-18-10-15-9-16(12-18)13-19(21)11-15/h1-4,15-16,18-19,21H,5-14H2. The zero-order chi connectivity index (χ0) is 16.1. The molecule has 5 aliphatic rings. The maximum atomic E-state index is 6.34. The second-order valence-electron chi connectivity index (χ2n) is 8.82. The molecule has 0 amide bonds. The summed E-state index contributed by atoms with van der Waals surface area (Å²) in [5.74, 6) is 4.23. The van der Waals surface area contributed by atoms with E-state index in [9.17, 15) is 0 Å². The first kappa shape index (κ1) is 15.7. The number of piperazine rings is 1. The summed E-state index contributed by atoms with van der Waals surface area (Å²) in [4.78, 5) is 5.46. The molecule has 0 unspecified atom stereocenters. The van der Waals surface area contributed by atoms with Gasteiger partial charge in [0.15, 0.2) is 0 Å². The van der Waals surface area contributed by atoms with Gasteiger partial charge in [0.2, 0.25) is 0 Å². The minimum absolute atomic E-state index is 0.917. The van der Waals surface area contributed by atoms with E-state index in [4.69, 9.17) is 11.6 Å². The SMILES string of the molecule is Clc1ccccc1CN1CCN(C2C3CC4CC(C3)CC2C4)CC1. The van der Waals surface area contributed by atoms with Crippen molar-refractivity contribution in [2.45, 2.75) is 44.7 Å². The Kier molecular flexibility index (Phi) is 4.11. The predicted molar refractivity (Wildman–Crippen MR) is 99.1 cm³/mol. The lowest BCUT2D eigenvalue weighted by Crippen LogP contribution is -2.60. The number of hydrogen-bond donors (Lipinski definition) is 0. The Morgan fingerprint density at radius 1 is 0.833 bits per heavy atom. The van der Waals surface area contributed by atoms with Gasteiger partial charge in [-0.15, -0.1) is 0 Å². The maximum absolute atomic E-state index is 6.34. The van der Waals surface area contributed by atoms with Gasteiger partial charge < -0.3 is 0 Å². The van der Waals surface area contributed by atoms with E-state index in [2.05, 4.69) is 21.9 Å². The monoisotopic (exact) mass is 344 g/mol. The third-order valence-corrected chi connectivity index (χ3v) is 7.73. The Morgan fingerprint density at radius 3 is 2.08 bits per heavy atom. The molecule has 5 fully saturated rings. The fourth-order valence-electron chi connectivity index (χ4n) is 6.58. The lowest BCUT2D eigenvalue weighted by atomic mass is 9.54. The van der Waals surface area contributed by atoms with Gasteiger partial charge in [-0.05, 0) is 67.4 Å². The van der Waals surface area contributed by atoms with E-state index in [1.54, 1.807) is 6.42 Å². The molecule has 1 aromatic carbocycles. The van der Waals surface area contributed by atoms with Crippen molar-refractivity contribution in [3.63, 3.8) is 0 Å². The third kappa shape index (κ3) is 2.81. The van der Waals surface area contributed by atoms with Crippen molar-refractivity contribution < 1.29 is 0 Å². The van der Waals surface area contributed by atoms with Crippen LogP contribution in [0.5, 0.6) is 0 Å². The molecule has 1 saturated heterocycles. The molecule has 4 bridgehead atoms. The molecule has 130 valence electrons. The smallest absolute Gasteiger partial charge is 0.0451 e. The molecule has 1 aromatic rings. The molecule has 0 N–H and O–H groups in total. The zero-order valence-electron chi connectivity index (χ0n) is 14.5.